The van der Waals surface area contributed by atoms with Crippen LogP contribution in [-0.4, -0.2) is 22.8 Å². The van der Waals surface area contributed by atoms with Crippen molar-refractivity contribution < 1.29 is 9.18 Å². The molecule has 5 nitrogen and oxygen atoms in total. The number of nitrogens with zero attached hydrogens (tertiary/aromatic N) is 2. The summed E-state index contributed by atoms with van der Waals surface area (Å²) >= 11 is 1.37. The van der Waals surface area contributed by atoms with E-state index in [9.17, 15) is 9.18 Å². The molecule has 0 aliphatic rings. The number of benzene rings is 1. The van der Waals surface area contributed by atoms with E-state index in [0.717, 1.165) is 23.4 Å². The van der Waals surface area contributed by atoms with Gasteiger partial charge in [0.1, 0.15) is 10.8 Å². The number of hydrogen-bond donors (Lipinski definition) is 2. The summed E-state index contributed by atoms with van der Waals surface area (Å²) in [5.41, 5.74) is 0.844. The summed E-state index contributed by atoms with van der Waals surface area (Å²) in [7, 11) is 0. The van der Waals surface area contributed by atoms with Gasteiger partial charge in [-0.3, -0.25) is 5.32 Å². The van der Waals surface area contributed by atoms with Gasteiger partial charge < -0.3 is 5.32 Å². The molecule has 2 rings (SSSR count). The average molecular weight is 308 g/mol. The van der Waals surface area contributed by atoms with Gasteiger partial charge >= 0.3 is 6.03 Å². The molecule has 1 aromatic heterocycles. The molecule has 0 spiro atoms. The first-order valence-electron chi connectivity index (χ1n) is 6.79. The third-order valence-corrected chi connectivity index (χ3v) is 3.64. The van der Waals surface area contributed by atoms with Crippen LogP contribution in [0, 0.1) is 5.82 Å². The maximum absolute atomic E-state index is 13.0. The van der Waals surface area contributed by atoms with Crippen LogP contribution in [0.3, 0.4) is 0 Å². The molecule has 0 saturated carbocycles. The summed E-state index contributed by atoms with van der Waals surface area (Å²) in [5, 5.41) is 14.6. The predicted octanol–water partition coefficient (Wildman–Crippen LogP) is 2.99. The van der Waals surface area contributed by atoms with Crippen molar-refractivity contribution in [3.05, 3.63) is 40.7 Å². The van der Waals surface area contributed by atoms with E-state index in [4.69, 9.17) is 0 Å². The van der Waals surface area contributed by atoms with Crippen molar-refractivity contribution >= 4 is 22.5 Å². The SMILES string of the molecule is CCCc1nnc(NC(=O)NCCc2cccc(F)c2)s1. The molecule has 0 unspecified atom stereocenters. The normalized spacial score (nSPS) is 10.4. The number of aryl methyl sites for hydroxylation is 1. The van der Waals surface area contributed by atoms with Gasteiger partial charge in [-0.2, -0.15) is 0 Å². The Kier molecular flexibility index (Phi) is 5.62. The van der Waals surface area contributed by atoms with Crippen molar-refractivity contribution in [2.24, 2.45) is 0 Å². The van der Waals surface area contributed by atoms with E-state index in [-0.39, 0.29) is 11.8 Å². The molecule has 1 heterocycles. The third-order valence-electron chi connectivity index (χ3n) is 2.74. The second kappa shape index (κ2) is 7.68. The lowest BCUT2D eigenvalue weighted by atomic mass is 10.1. The van der Waals surface area contributed by atoms with E-state index in [1.165, 1.54) is 23.5 Å². The minimum absolute atomic E-state index is 0.269. The van der Waals surface area contributed by atoms with Crippen LogP contribution >= 0.6 is 11.3 Å². The molecular formula is C14H17FN4OS. The van der Waals surface area contributed by atoms with Crippen LogP contribution in [0.15, 0.2) is 24.3 Å². The Hall–Kier alpha value is -2.02. The van der Waals surface area contributed by atoms with Crippen molar-refractivity contribution in [1.29, 1.82) is 0 Å². The molecule has 112 valence electrons. The summed E-state index contributed by atoms with van der Waals surface area (Å²) in [6, 6.07) is 6.01. The molecule has 0 saturated heterocycles. The van der Waals surface area contributed by atoms with Crippen LogP contribution in [0.2, 0.25) is 0 Å². The molecule has 2 amide bonds. The Morgan fingerprint density at radius 1 is 1.33 bits per heavy atom. The molecule has 0 fully saturated rings. The topological polar surface area (TPSA) is 66.9 Å². The molecule has 0 bridgehead atoms. The lowest BCUT2D eigenvalue weighted by molar-refractivity contribution is 0.252. The van der Waals surface area contributed by atoms with Gasteiger partial charge in [0.25, 0.3) is 0 Å². The highest BCUT2D eigenvalue weighted by Gasteiger charge is 2.07. The van der Waals surface area contributed by atoms with Crippen LogP contribution in [0.4, 0.5) is 14.3 Å². The first-order valence-corrected chi connectivity index (χ1v) is 7.60. The van der Waals surface area contributed by atoms with Crippen molar-refractivity contribution in [1.82, 2.24) is 15.5 Å². The Labute approximate surface area is 126 Å². The number of hydrogen-bond acceptors (Lipinski definition) is 4. The maximum Gasteiger partial charge on any atom is 0.321 e. The van der Waals surface area contributed by atoms with E-state index < -0.39 is 0 Å². The fourth-order valence-corrected chi connectivity index (χ4v) is 2.61. The number of nitrogens with one attached hydrogen (secondary N) is 2. The molecular weight excluding hydrogens is 291 g/mol. The Morgan fingerprint density at radius 3 is 2.95 bits per heavy atom. The number of aromatic nitrogens is 2. The molecule has 2 N–H and O–H groups in total. The molecule has 0 radical (unpaired) electrons. The van der Waals surface area contributed by atoms with Crippen LogP contribution < -0.4 is 10.6 Å². The van der Waals surface area contributed by atoms with Gasteiger partial charge in [-0.25, -0.2) is 9.18 Å². The van der Waals surface area contributed by atoms with Gasteiger partial charge in [0.05, 0.1) is 0 Å². The van der Waals surface area contributed by atoms with E-state index in [1.54, 1.807) is 6.07 Å². The van der Waals surface area contributed by atoms with E-state index in [1.807, 2.05) is 6.07 Å². The Balaban J connectivity index is 1.74. The van der Waals surface area contributed by atoms with Gasteiger partial charge in [0, 0.05) is 13.0 Å². The van der Waals surface area contributed by atoms with Gasteiger partial charge in [0.15, 0.2) is 0 Å². The number of carbonyl (C=O) groups excluding carboxylic acids is 1. The van der Waals surface area contributed by atoms with Crippen molar-refractivity contribution in [3.8, 4) is 0 Å². The van der Waals surface area contributed by atoms with Gasteiger partial charge in [-0.1, -0.05) is 30.4 Å². The largest absolute Gasteiger partial charge is 0.337 e. The van der Waals surface area contributed by atoms with Gasteiger partial charge in [0.2, 0.25) is 5.13 Å². The standard InChI is InChI=1S/C14H17FN4OS/c1-2-4-12-18-19-14(21-12)17-13(20)16-8-7-10-5-3-6-11(15)9-10/h3,5-6,9H,2,4,7-8H2,1H3,(H2,16,17,19,20). The Bertz CT molecular complexity index is 602. The van der Waals surface area contributed by atoms with Crippen molar-refractivity contribution in [2.45, 2.75) is 26.2 Å². The van der Waals surface area contributed by atoms with Gasteiger partial charge in [-0.15, -0.1) is 10.2 Å². The number of anilines is 1. The van der Waals surface area contributed by atoms with Crippen molar-refractivity contribution in [2.75, 3.05) is 11.9 Å². The van der Waals surface area contributed by atoms with Crippen LogP contribution in [-0.2, 0) is 12.8 Å². The van der Waals surface area contributed by atoms with E-state index >= 15 is 0 Å². The predicted molar refractivity (Wildman–Crippen MR) is 81.0 cm³/mol. The highest BCUT2D eigenvalue weighted by Crippen LogP contribution is 2.16. The average Bonchev–Trinajstić information content (AvgIpc) is 2.86. The second-order valence-electron chi connectivity index (χ2n) is 4.51. The number of carbonyl (C=O) groups is 1. The molecule has 0 aliphatic heterocycles. The zero-order chi connectivity index (χ0) is 15.1. The fraction of sp³-hybridized carbons (Fsp3) is 0.357. The molecule has 21 heavy (non-hydrogen) atoms. The molecule has 0 aliphatic carbocycles. The first kappa shape index (κ1) is 15.4. The van der Waals surface area contributed by atoms with E-state index in [0.29, 0.717) is 18.1 Å². The highest BCUT2D eigenvalue weighted by molar-refractivity contribution is 7.15. The number of halogens is 1. The van der Waals surface area contributed by atoms with Gasteiger partial charge in [-0.05, 0) is 30.5 Å². The summed E-state index contributed by atoms with van der Waals surface area (Å²) in [4.78, 5) is 11.7. The van der Waals surface area contributed by atoms with Crippen LogP contribution in [0.1, 0.15) is 23.9 Å². The fourth-order valence-electron chi connectivity index (χ4n) is 1.77. The minimum atomic E-state index is -0.328. The molecule has 7 heteroatoms. The summed E-state index contributed by atoms with van der Waals surface area (Å²) < 4.78 is 13.0. The van der Waals surface area contributed by atoms with Crippen LogP contribution in [0.5, 0.6) is 0 Å². The monoisotopic (exact) mass is 308 g/mol. The molecule has 0 atom stereocenters. The quantitative estimate of drug-likeness (QED) is 0.862. The smallest absolute Gasteiger partial charge is 0.321 e. The minimum Gasteiger partial charge on any atom is -0.337 e. The number of rotatable bonds is 6. The third kappa shape index (κ3) is 5.11. The van der Waals surface area contributed by atoms with E-state index in [2.05, 4.69) is 27.8 Å². The molecule has 2 aromatic rings. The number of amides is 2. The number of urea groups is 1. The summed E-state index contributed by atoms with van der Waals surface area (Å²) in [5.74, 6) is -0.269. The molecule has 1 aromatic carbocycles. The Morgan fingerprint density at radius 2 is 2.19 bits per heavy atom. The first-order chi connectivity index (χ1) is 10.2. The zero-order valence-corrected chi connectivity index (χ0v) is 12.5. The summed E-state index contributed by atoms with van der Waals surface area (Å²) in [6.07, 6.45) is 2.43. The highest BCUT2D eigenvalue weighted by atomic mass is 32.1. The second-order valence-corrected chi connectivity index (χ2v) is 5.57. The summed E-state index contributed by atoms with van der Waals surface area (Å²) in [6.45, 7) is 2.49. The lowest BCUT2D eigenvalue weighted by Gasteiger charge is -2.05. The van der Waals surface area contributed by atoms with Crippen LogP contribution in [0.25, 0.3) is 0 Å². The van der Waals surface area contributed by atoms with Crippen molar-refractivity contribution in [3.63, 3.8) is 0 Å². The lowest BCUT2D eigenvalue weighted by Crippen LogP contribution is -2.30. The maximum atomic E-state index is 13.0. The zero-order valence-electron chi connectivity index (χ0n) is 11.7.